The van der Waals surface area contributed by atoms with Crippen LogP contribution in [-0.4, -0.2) is 38.3 Å². The van der Waals surface area contributed by atoms with Gasteiger partial charge in [-0.2, -0.15) is 0 Å². The molecule has 0 amide bonds. The van der Waals surface area contributed by atoms with E-state index in [0.29, 0.717) is 5.92 Å². The second-order valence-corrected chi connectivity index (χ2v) is 4.39. The van der Waals surface area contributed by atoms with Crippen LogP contribution in [0.2, 0.25) is 0 Å². The van der Waals surface area contributed by atoms with E-state index in [-0.39, 0.29) is 0 Å². The fraction of sp³-hybridized carbons (Fsp3) is 0.538. The summed E-state index contributed by atoms with van der Waals surface area (Å²) in [6, 6.07) is 10.7. The lowest BCUT2D eigenvalue weighted by Crippen LogP contribution is -2.26. The third-order valence-electron chi connectivity index (χ3n) is 2.91. The zero-order chi connectivity index (χ0) is 10.5. The molecule has 2 heteroatoms. The van der Waals surface area contributed by atoms with Crippen molar-refractivity contribution in [2.45, 2.75) is 6.42 Å². The lowest BCUT2D eigenvalue weighted by Gasteiger charge is -2.18. The molecule has 1 saturated heterocycles. The van der Waals surface area contributed by atoms with Crippen LogP contribution < -0.4 is 0 Å². The van der Waals surface area contributed by atoms with E-state index in [2.05, 4.69) is 42.3 Å². The molecule has 1 fully saturated rings. The summed E-state index contributed by atoms with van der Waals surface area (Å²) in [7, 11) is 2.17. The average Bonchev–Trinajstić information content (AvgIpc) is 2.44. The third-order valence-corrected chi connectivity index (χ3v) is 2.91. The summed E-state index contributed by atoms with van der Waals surface area (Å²) in [6.45, 7) is 3.99. The fourth-order valence-corrected chi connectivity index (χ4v) is 2.13. The predicted octanol–water partition coefficient (Wildman–Crippen LogP) is 1.81. The van der Waals surface area contributed by atoms with Gasteiger partial charge in [0.05, 0.1) is 13.2 Å². The number of ether oxygens (including phenoxy) is 1. The molecule has 0 saturated carbocycles. The zero-order valence-electron chi connectivity index (χ0n) is 9.36. The first-order valence-electron chi connectivity index (χ1n) is 5.65. The largest absolute Gasteiger partial charge is 0.380 e. The molecule has 1 aromatic rings. The minimum absolute atomic E-state index is 0.639. The first-order chi connectivity index (χ1) is 7.34. The van der Waals surface area contributed by atoms with E-state index >= 15 is 0 Å². The maximum Gasteiger partial charge on any atom is 0.0593 e. The van der Waals surface area contributed by atoms with Crippen molar-refractivity contribution in [2.75, 3.05) is 33.4 Å². The quantitative estimate of drug-likeness (QED) is 0.730. The Labute approximate surface area is 91.9 Å². The molecule has 1 atom stereocenters. The fourth-order valence-electron chi connectivity index (χ4n) is 2.13. The molecule has 2 nitrogen and oxygen atoms in total. The summed E-state index contributed by atoms with van der Waals surface area (Å²) in [5.41, 5.74) is 1.42. The van der Waals surface area contributed by atoms with Gasteiger partial charge < -0.3 is 9.64 Å². The van der Waals surface area contributed by atoms with Gasteiger partial charge in [-0.1, -0.05) is 30.3 Å². The van der Waals surface area contributed by atoms with Gasteiger partial charge in [-0.3, -0.25) is 0 Å². The first-order valence-corrected chi connectivity index (χ1v) is 5.65. The first kappa shape index (κ1) is 10.7. The van der Waals surface area contributed by atoms with Crippen molar-refractivity contribution in [3.8, 4) is 0 Å². The standard InChI is InChI=1S/C13H19NO/c1-14-7-8-15-11-13(10-14)9-12-5-3-2-4-6-12/h2-6,13H,7-11H2,1H3. The zero-order valence-corrected chi connectivity index (χ0v) is 9.36. The molecule has 0 bridgehead atoms. The molecule has 0 spiro atoms. The Kier molecular flexibility index (Phi) is 3.75. The molecule has 1 aliphatic rings. The van der Waals surface area contributed by atoms with Crippen molar-refractivity contribution in [3.05, 3.63) is 35.9 Å². The molecule has 1 aliphatic heterocycles. The minimum atomic E-state index is 0.639. The number of hydrogen-bond acceptors (Lipinski definition) is 2. The van der Waals surface area contributed by atoms with E-state index in [4.69, 9.17) is 4.74 Å². The van der Waals surface area contributed by atoms with Crippen molar-refractivity contribution < 1.29 is 4.74 Å². The topological polar surface area (TPSA) is 12.5 Å². The molecule has 1 heterocycles. The number of nitrogens with zero attached hydrogens (tertiary/aromatic N) is 1. The molecular weight excluding hydrogens is 186 g/mol. The van der Waals surface area contributed by atoms with Crippen molar-refractivity contribution >= 4 is 0 Å². The van der Waals surface area contributed by atoms with E-state index < -0.39 is 0 Å². The van der Waals surface area contributed by atoms with Crippen molar-refractivity contribution in [1.82, 2.24) is 4.90 Å². The Morgan fingerprint density at radius 1 is 1.33 bits per heavy atom. The van der Waals surface area contributed by atoms with Gasteiger partial charge in [-0.15, -0.1) is 0 Å². The van der Waals surface area contributed by atoms with Crippen LogP contribution in [0.1, 0.15) is 5.56 Å². The third kappa shape index (κ3) is 3.33. The smallest absolute Gasteiger partial charge is 0.0593 e. The van der Waals surface area contributed by atoms with Gasteiger partial charge in [0.25, 0.3) is 0 Å². The molecule has 0 N–H and O–H groups in total. The summed E-state index contributed by atoms with van der Waals surface area (Å²) >= 11 is 0. The van der Waals surface area contributed by atoms with Crippen LogP contribution in [0.25, 0.3) is 0 Å². The van der Waals surface area contributed by atoms with E-state index in [9.17, 15) is 0 Å². The van der Waals surface area contributed by atoms with Gasteiger partial charge in [-0.25, -0.2) is 0 Å². The van der Waals surface area contributed by atoms with Gasteiger partial charge in [0, 0.05) is 13.1 Å². The maximum absolute atomic E-state index is 5.61. The lowest BCUT2D eigenvalue weighted by atomic mass is 10.00. The normalized spacial score (nSPS) is 23.7. The summed E-state index contributed by atoms with van der Waals surface area (Å²) in [6.07, 6.45) is 1.13. The second kappa shape index (κ2) is 5.29. The average molecular weight is 205 g/mol. The molecule has 2 rings (SSSR count). The predicted molar refractivity (Wildman–Crippen MR) is 62.0 cm³/mol. The van der Waals surface area contributed by atoms with E-state index in [1.54, 1.807) is 0 Å². The molecule has 82 valence electrons. The highest BCUT2D eigenvalue weighted by Crippen LogP contribution is 2.12. The summed E-state index contributed by atoms with van der Waals surface area (Å²) in [5, 5.41) is 0. The highest BCUT2D eigenvalue weighted by molar-refractivity contribution is 5.15. The number of likely N-dealkylation sites (N-methyl/N-ethyl adjacent to an activating group) is 1. The highest BCUT2D eigenvalue weighted by atomic mass is 16.5. The Balaban J connectivity index is 1.93. The minimum Gasteiger partial charge on any atom is -0.380 e. The summed E-state index contributed by atoms with van der Waals surface area (Å²) < 4.78 is 5.61. The van der Waals surface area contributed by atoms with Crippen molar-refractivity contribution in [3.63, 3.8) is 0 Å². The van der Waals surface area contributed by atoms with Gasteiger partial charge in [0.15, 0.2) is 0 Å². The molecule has 15 heavy (non-hydrogen) atoms. The van der Waals surface area contributed by atoms with Crippen LogP contribution in [0, 0.1) is 5.92 Å². The van der Waals surface area contributed by atoms with Crippen LogP contribution in [0.5, 0.6) is 0 Å². The Bertz CT molecular complexity index is 286. The van der Waals surface area contributed by atoms with Crippen molar-refractivity contribution in [2.24, 2.45) is 5.92 Å². The van der Waals surface area contributed by atoms with Gasteiger partial charge in [0.1, 0.15) is 0 Å². The number of rotatable bonds is 2. The lowest BCUT2D eigenvalue weighted by molar-refractivity contribution is 0.122. The Morgan fingerprint density at radius 3 is 2.93 bits per heavy atom. The molecule has 1 aromatic carbocycles. The summed E-state index contributed by atoms with van der Waals surface area (Å²) in [4.78, 5) is 2.36. The van der Waals surface area contributed by atoms with Crippen LogP contribution >= 0.6 is 0 Å². The highest BCUT2D eigenvalue weighted by Gasteiger charge is 2.16. The molecular formula is C13H19NO. The summed E-state index contributed by atoms with van der Waals surface area (Å²) in [5.74, 6) is 0.639. The van der Waals surface area contributed by atoms with E-state index in [1.807, 2.05) is 0 Å². The monoisotopic (exact) mass is 205 g/mol. The van der Waals surface area contributed by atoms with Crippen LogP contribution in [0.15, 0.2) is 30.3 Å². The maximum atomic E-state index is 5.61. The Hall–Kier alpha value is -0.860. The van der Waals surface area contributed by atoms with Crippen LogP contribution in [0.3, 0.4) is 0 Å². The van der Waals surface area contributed by atoms with Crippen LogP contribution in [-0.2, 0) is 11.2 Å². The van der Waals surface area contributed by atoms with Gasteiger partial charge in [0.2, 0.25) is 0 Å². The molecule has 0 radical (unpaired) electrons. The SMILES string of the molecule is CN1CCOCC(Cc2ccccc2)C1. The molecule has 1 unspecified atom stereocenters. The van der Waals surface area contributed by atoms with E-state index in [1.165, 1.54) is 5.56 Å². The molecule has 0 aromatic heterocycles. The second-order valence-electron chi connectivity index (χ2n) is 4.39. The molecule has 0 aliphatic carbocycles. The van der Waals surface area contributed by atoms with E-state index in [0.717, 1.165) is 32.7 Å². The van der Waals surface area contributed by atoms with Crippen molar-refractivity contribution in [1.29, 1.82) is 0 Å². The number of benzene rings is 1. The van der Waals surface area contributed by atoms with Gasteiger partial charge >= 0.3 is 0 Å². The Morgan fingerprint density at radius 2 is 2.13 bits per heavy atom. The van der Waals surface area contributed by atoms with Crippen LogP contribution in [0.4, 0.5) is 0 Å². The number of hydrogen-bond donors (Lipinski definition) is 0. The van der Waals surface area contributed by atoms with Gasteiger partial charge in [-0.05, 0) is 24.9 Å².